The Bertz CT molecular complexity index is 916. The smallest absolute Gasteiger partial charge is 0.111 e. The van der Waals surface area contributed by atoms with Crippen LogP contribution in [0.4, 0.5) is 0 Å². The predicted molar refractivity (Wildman–Crippen MR) is 81.1 cm³/mol. The Balaban J connectivity index is 2.14. The van der Waals surface area contributed by atoms with Crippen LogP contribution < -0.4 is 0 Å². The Morgan fingerprint density at radius 1 is 0.900 bits per heavy atom. The zero-order valence-corrected chi connectivity index (χ0v) is 11.1. The zero-order valence-electron chi connectivity index (χ0n) is 11.1. The van der Waals surface area contributed by atoms with E-state index in [0.717, 1.165) is 33.4 Å². The van der Waals surface area contributed by atoms with Crippen LogP contribution in [0.5, 0.6) is 0 Å². The van der Waals surface area contributed by atoms with Gasteiger partial charge in [0.25, 0.3) is 0 Å². The molecule has 0 atom stereocenters. The van der Waals surface area contributed by atoms with Gasteiger partial charge in [0, 0.05) is 11.6 Å². The summed E-state index contributed by atoms with van der Waals surface area (Å²) in [6.45, 7) is 2.03. The second-order valence-electron chi connectivity index (χ2n) is 4.84. The van der Waals surface area contributed by atoms with Crippen molar-refractivity contribution in [3.8, 4) is 5.69 Å². The number of hydrogen-bond acceptors (Lipinski definition) is 2. The lowest BCUT2D eigenvalue weighted by molar-refractivity contribution is 1.00. The average Bonchev–Trinajstić information content (AvgIpc) is 2.82. The first-order chi connectivity index (χ1) is 9.84. The molecule has 0 amide bonds. The largest absolute Gasteiger partial charge is 0.294 e. The third-order valence-corrected chi connectivity index (χ3v) is 3.58. The van der Waals surface area contributed by atoms with E-state index in [2.05, 4.69) is 44.9 Å². The molecule has 0 aliphatic carbocycles. The monoisotopic (exact) mass is 259 g/mol. The molecule has 0 N–H and O–H groups in total. The number of imidazole rings is 1. The summed E-state index contributed by atoms with van der Waals surface area (Å²) >= 11 is 0. The minimum atomic E-state index is 0.976. The van der Waals surface area contributed by atoms with Crippen molar-refractivity contribution >= 4 is 21.9 Å². The van der Waals surface area contributed by atoms with Crippen LogP contribution in [0.3, 0.4) is 0 Å². The second kappa shape index (κ2) is 4.17. The second-order valence-corrected chi connectivity index (χ2v) is 4.84. The maximum Gasteiger partial charge on any atom is 0.111 e. The summed E-state index contributed by atoms with van der Waals surface area (Å²) < 4.78 is 2.17. The number of nitrogens with zero attached hydrogens (tertiary/aromatic N) is 3. The predicted octanol–water partition coefficient (Wildman–Crippen LogP) is 3.88. The maximum atomic E-state index is 4.63. The number of fused-ring (bicyclic) bond motifs is 2. The number of para-hydroxylation sites is 3. The van der Waals surface area contributed by atoms with Crippen LogP contribution in [0.15, 0.2) is 60.8 Å². The summed E-state index contributed by atoms with van der Waals surface area (Å²) in [7, 11) is 0. The molecule has 3 heteroatoms. The van der Waals surface area contributed by atoms with Gasteiger partial charge < -0.3 is 0 Å². The van der Waals surface area contributed by atoms with Crippen molar-refractivity contribution < 1.29 is 0 Å². The minimum Gasteiger partial charge on any atom is -0.294 e. The van der Waals surface area contributed by atoms with Gasteiger partial charge in [-0.2, -0.15) is 0 Å². The van der Waals surface area contributed by atoms with E-state index >= 15 is 0 Å². The molecular weight excluding hydrogens is 246 g/mol. The van der Waals surface area contributed by atoms with E-state index < -0.39 is 0 Å². The van der Waals surface area contributed by atoms with Crippen LogP contribution in [0.2, 0.25) is 0 Å². The Morgan fingerprint density at radius 2 is 1.75 bits per heavy atom. The van der Waals surface area contributed by atoms with Crippen molar-refractivity contribution in [1.29, 1.82) is 0 Å². The first-order valence-electron chi connectivity index (χ1n) is 6.63. The number of aryl methyl sites for hydroxylation is 1. The van der Waals surface area contributed by atoms with Crippen molar-refractivity contribution in [3.05, 3.63) is 66.6 Å². The third-order valence-electron chi connectivity index (χ3n) is 3.58. The topological polar surface area (TPSA) is 30.7 Å². The molecule has 0 aliphatic heterocycles. The van der Waals surface area contributed by atoms with Gasteiger partial charge in [0.1, 0.15) is 5.82 Å². The molecule has 0 bridgehead atoms. The Kier molecular flexibility index (Phi) is 2.33. The van der Waals surface area contributed by atoms with Gasteiger partial charge in [-0.15, -0.1) is 0 Å². The Morgan fingerprint density at radius 3 is 2.70 bits per heavy atom. The first-order valence-corrected chi connectivity index (χ1v) is 6.63. The SMILES string of the molecule is Cc1nc2ccccc2n1-c1cccc2cccnc12. The molecule has 0 radical (unpaired) electrons. The minimum absolute atomic E-state index is 0.976. The number of benzene rings is 2. The zero-order chi connectivity index (χ0) is 13.5. The molecule has 0 spiro atoms. The van der Waals surface area contributed by atoms with Crippen LogP contribution in [0.1, 0.15) is 5.82 Å². The highest BCUT2D eigenvalue weighted by atomic mass is 15.1. The van der Waals surface area contributed by atoms with Gasteiger partial charge in [-0.1, -0.05) is 30.3 Å². The quantitative estimate of drug-likeness (QED) is 0.519. The molecule has 0 saturated heterocycles. The molecule has 4 aromatic rings. The van der Waals surface area contributed by atoms with Crippen molar-refractivity contribution in [2.24, 2.45) is 0 Å². The number of hydrogen-bond donors (Lipinski definition) is 0. The molecule has 2 heterocycles. The molecule has 2 aromatic heterocycles. The van der Waals surface area contributed by atoms with E-state index in [4.69, 9.17) is 0 Å². The van der Waals surface area contributed by atoms with Gasteiger partial charge in [-0.25, -0.2) is 4.98 Å². The van der Waals surface area contributed by atoms with Gasteiger partial charge in [0.05, 0.1) is 22.2 Å². The standard InChI is InChI=1S/C17H13N3/c1-12-19-14-8-2-3-9-15(14)20(12)16-10-4-6-13-7-5-11-18-17(13)16/h2-11H,1H3. The lowest BCUT2D eigenvalue weighted by Crippen LogP contribution is -1.98. The summed E-state index contributed by atoms with van der Waals surface area (Å²) in [4.78, 5) is 9.17. The fourth-order valence-corrected chi connectivity index (χ4v) is 2.72. The molecule has 4 rings (SSSR count). The Labute approximate surface area is 116 Å². The van der Waals surface area contributed by atoms with Crippen LogP contribution in [0, 0.1) is 6.92 Å². The highest BCUT2D eigenvalue weighted by Gasteiger charge is 2.11. The fraction of sp³-hybridized carbons (Fsp3) is 0.0588. The highest BCUT2D eigenvalue weighted by molar-refractivity contribution is 5.89. The maximum absolute atomic E-state index is 4.63. The summed E-state index contributed by atoms with van der Waals surface area (Å²) in [5, 5.41) is 1.14. The summed E-state index contributed by atoms with van der Waals surface area (Å²) in [6.07, 6.45) is 1.83. The third kappa shape index (κ3) is 1.53. The molecule has 0 aliphatic rings. The molecule has 96 valence electrons. The van der Waals surface area contributed by atoms with Crippen LogP contribution in [0.25, 0.3) is 27.6 Å². The van der Waals surface area contributed by atoms with E-state index in [1.165, 1.54) is 0 Å². The van der Waals surface area contributed by atoms with E-state index in [0.29, 0.717) is 0 Å². The van der Waals surface area contributed by atoms with Crippen molar-refractivity contribution in [1.82, 2.24) is 14.5 Å². The van der Waals surface area contributed by atoms with Crippen molar-refractivity contribution in [2.45, 2.75) is 6.92 Å². The lowest BCUT2D eigenvalue weighted by Gasteiger charge is -2.09. The molecule has 0 saturated carbocycles. The fourth-order valence-electron chi connectivity index (χ4n) is 2.72. The van der Waals surface area contributed by atoms with Crippen molar-refractivity contribution in [2.75, 3.05) is 0 Å². The molecule has 2 aromatic carbocycles. The average molecular weight is 259 g/mol. The van der Waals surface area contributed by atoms with Gasteiger partial charge in [0.15, 0.2) is 0 Å². The summed E-state index contributed by atoms with van der Waals surface area (Å²) in [6, 6.07) is 18.5. The molecular formula is C17H13N3. The van der Waals surface area contributed by atoms with Gasteiger partial charge in [-0.3, -0.25) is 9.55 Å². The number of rotatable bonds is 1. The van der Waals surface area contributed by atoms with E-state index in [-0.39, 0.29) is 0 Å². The molecule has 3 nitrogen and oxygen atoms in total. The van der Waals surface area contributed by atoms with E-state index in [1.807, 2.05) is 37.4 Å². The highest BCUT2D eigenvalue weighted by Crippen LogP contribution is 2.25. The number of aromatic nitrogens is 3. The van der Waals surface area contributed by atoms with Crippen LogP contribution in [-0.2, 0) is 0 Å². The molecule has 0 fully saturated rings. The molecule has 20 heavy (non-hydrogen) atoms. The molecule has 0 unspecified atom stereocenters. The van der Waals surface area contributed by atoms with E-state index in [1.54, 1.807) is 0 Å². The summed E-state index contributed by atoms with van der Waals surface area (Å²) in [5.74, 6) is 0.976. The van der Waals surface area contributed by atoms with Gasteiger partial charge in [0.2, 0.25) is 0 Å². The lowest BCUT2D eigenvalue weighted by atomic mass is 10.2. The van der Waals surface area contributed by atoms with Crippen LogP contribution in [-0.4, -0.2) is 14.5 Å². The van der Waals surface area contributed by atoms with Crippen LogP contribution >= 0.6 is 0 Å². The van der Waals surface area contributed by atoms with Crippen molar-refractivity contribution in [3.63, 3.8) is 0 Å². The van der Waals surface area contributed by atoms with Gasteiger partial charge >= 0.3 is 0 Å². The number of pyridine rings is 1. The first kappa shape index (κ1) is 11.2. The van der Waals surface area contributed by atoms with Gasteiger partial charge in [-0.05, 0) is 31.2 Å². The summed E-state index contributed by atoms with van der Waals surface area (Å²) in [5.41, 5.74) is 4.21. The Hall–Kier alpha value is -2.68. The van der Waals surface area contributed by atoms with E-state index in [9.17, 15) is 0 Å². The normalized spacial score (nSPS) is 11.2.